The molecule has 5 nitrogen and oxygen atoms in total. The Morgan fingerprint density at radius 3 is 2.24 bits per heavy atom. The van der Waals surface area contributed by atoms with Crippen LogP contribution >= 0.6 is 0 Å². The number of benzene rings is 4. The maximum Gasteiger partial charge on any atom is 0.120 e. The second-order valence-electron chi connectivity index (χ2n) is 15.1. The SMILES string of the molecule is Cc1nccc2c1nc(-c1[c-]ccc3c1oc1ccccc13)n2-c1c(C(C)C)cccc1C(C)C.[2H]C([2H])([2H])c1c[c-]c(-c2ccc(C(C)(C)C)cn2)c(F)c1.[Ir]. The van der Waals surface area contributed by atoms with E-state index < -0.39 is 12.7 Å². The summed E-state index contributed by atoms with van der Waals surface area (Å²) in [5, 5.41) is 2.17. The number of imidazole rings is 1. The molecule has 0 aliphatic rings. The van der Waals surface area contributed by atoms with Gasteiger partial charge in [0.2, 0.25) is 0 Å². The normalized spacial score (nSPS) is 12.8. The topological polar surface area (TPSA) is 56.7 Å². The van der Waals surface area contributed by atoms with Gasteiger partial charge in [0, 0.05) is 53.5 Å². The molecule has 0 fully saturated rings. The number of rotatable bonds is 5. The van der Waals surface area contributed by atoms with Gasteiger partial charge < -0.3 is 14.0 Å². The molecular weight excluding hydrogens is 848 g/mol. The molecule has 0 atom stereocenters. The Kier molecular flexibility index (Phi) is 9.92. The number of aromatic nitrogens is 4. The number of furan rings is 1. The average Bonchev–Trinajstić information content (AvgIpc) is 3.74. The van der Waals surface area contributed by atoms with Gasteiger partial charge in [-0.1, -0.05) is 120 Å². The number of para-hydroxylation sites is 2. The van der Waals surface area contributed by atoms with E-state index in [0.29, 0.717) is 17.5 Å². The largest absolute Gasteiger partial charge is 0.501 e. The Morgan fingerprint density at radius 2 is 1.59 bits per heavy atom. The molecular formula is C47H45FIrN4O-2. The number of hydrogen-bond donors (Lipinski definition) is 0. The third kappa shape index (κ3) is 7.28. The Balaban J connectivity index is 0.000000215. The maximum atomic E-state index is 14.1. The number of nitrogens with zero attached hydrogens (tertiary/aromatic N) is 4. The molecule has 0 aliphatic carbocycles. The first-order valence-electron chi connectivity index (χ1n) is 19.5. The minimum Gasteiger partial charge on any atom is -0.501 e. The first-order chi connectivity index (χ1) is 26.5. The van der Waals surface area contributed by atoms with Crippen LogP contribution in [0.1, 0.15) is 92.4 Å². The fourth-order valence-corrected chi connectivity index (χ4v) is 6.81. The van der Waals surface area contributed by atoms with Crippen LogP contribution in [0.15, 0.2) is 102 Å². The van der Waals surface area contributed by atoms with Gasteiger partial charge in [0.05, 0.1) is 28.1 Å². The molecule has 0 N–H and O–H groups in total. The van der Waals surface area contributed by atoms with Crippen LogP contribution in [-0.4, -0.2) is 19.5 Å². The van der Waals surface area contributed by atoms with Crippen LogP contribution in [0.4, 0.5) is 4.39 Å². The molecule has 4 aromatic heterocycles. The Labute approximate surface area is 335 Å². The molecule has 0 aliphatic heterocycles. The van der Waals surface area contributed by atoms with Gasteiger partial charge in [0.25, 0.3) is 0 Å². The summed E-state index contributed by atoms with van der Waals surface area (Å²) in [5.41, 5.74) is 10.8. The van der Waals surface area contributed by atoms with Crippen LogP contribution < -0.4 is 0 Å². The summed E-state index contributed by atoms with van der Waals surface area (Å²) in [4.78, 5) is 14.0. The number of hydrogen-bond acceptors (Lipinski definition) is 4. The van der Waals surface area contributed by atoms with E-state index >= 15 is 0 Å². The predicted octanol–water partition coefficient (Wildman–Crippen LogP) is 12.6. The van der Waals surface area contributed by atoms with Gasteiger partial charge in [-0.05, 0) is 58.7 Å². The van der Waals surface area contributed by atoms with Crippen LogP contribution in [0, 0.1) is 31.7 Å². The molecule has 4 heterocycles. The van der Waals surface area contributed by atoms with Gasteiger partial charge in [-0.15, -0.1) is 42.0 Å². The Morgan fingerprint density at radius 1 is 0.852 bits per heavy atom. The minimum atomic E-state index is -2.33. The zero-order valence-corrected chi connectivity index (χ0v) is 34.2. The maximum absolute atomic E-state index is 14.1. The van der Waals surface area contributed by atoms with E-state index in [9.17, 15) is 4.39 Å². The molecule has 277 valence electrons. The van der Waals surface area contributed by atoms with Crippen LogP contribution in [-0.2, 0) is 25.5 Å². The zero-order valence-electron chi connectivity index (χ0n) is 34.8. The van der Waals surface area contributed by atoms with Gasteiger partial charge in [-0.25, -0.2) is 0 Å². The van der Waals surface area contributed by atoms with Gasteiger partial charge in [-0.3, -0.25) is 14.4 Å². The number of fused-ring (bicyclic) bond motifs is 4. The molecule has 4 aromatic carbocycles. The quantitative estimate of drug-likeness (QED) is 0.162. The van der Waals surface area contributed by atoms with Crippen LogP contribution in [0.3, 0.4) is 0 Å². The van der Waals surface area contributed by atoms with Crippen molar-refractivity contribution in [2.24, 2.45) is 0 Å². The van der Waals surface area contributed by atoms with Crippen molar-refractivity contribution in [1.82, 2.24) is 19.5 Å². The third-order valence-electron chi connectivity index (χ3n) is 9.66. The van der Waals surface area contributed by atoms with Crippen molar-refractivity contribution in [2.75, 3.05) is 0 Å². The van der Waals surface area contributed by atoms with E-state index in [-0.39, 0.29) is 36.6 Å². The van der Waals surface area contributed by atoms with Crippen LogP contribution in [0.25, 0.3) is 61.3 Å². The molecule has 1 radical (unpaired) electrons. The van der Waals surface area contributed by atoms with E-state index in [4.69, 9.17) is 13.5 Å². The summed E-state index contributed by atoms with van der Waals surface area (Å²) in [6.45, 7) is 14.9. The van der Waals surface area contributed by atoms with Crippen LogP contribution in [0.5, 0.6) is 0 Å². The van der Waals surface area contributed by atoms with Crippen molar-refractivity contribution in [3.63, 3.8) is 0 Å². The summed E-state index contributed by atoms with van der Waals surface area (Å²) in [7, 11) is 0. The fraction of sp³-hybridized carbons (Fsp3) is 0.255. The predicted molar refractivity (Wildman–Crippen MR) is 215 cm³/mol. The first kappa shape index (κ1) is 34.8. The molecule has 7 heteroatoms. The van der Waals surface area contributed by atoms with Crippen molar-refractivity contribution in [2.45, 2.75) is 79.5 Å². The van der Waals surface area contributed by atoms with Gasteiger partial charge in [0.15, 0.2) is 0 Å². The number of aryl methyl sites for hydroxylation is 2. The van der Waals surface area contributed by atoms with Crippen molar-refractivity contribution in [3.05, 3.63) is 143 Å². The van der Waals surface area contributed by atoms with Crippen molar-refractivity contribution in [3.8, 4) is 28.3 Å². The molecule has 0 saturated heterocycles. The average molecular weight is 896 g/mol. The van der Waals surface area contributed by atoms with E-state index in [1.54, 1.807) is 12.3 Å². The minimum absolute atomic E-state index is 0. The van der Waals surface area contributed by atoms with Crippen molar-refractivity contribution >= 4 is 33.0 Å². The van der Waals surface area contributed by atoms with Crippen molar-refractivity contribution in [1.29, 1.82) is 0 Å². The monoisotopic (exact) mass is 896 g/mol. The smallest absolute Gasteiger partial charge is 0.120 e. The van der Waals surface area contributed by atoms with E-state index in [0.717, 1.165) is 61.7 Å². The van der Waals surface area contributed by atoms with Gasteiger partial charge in [-0.2, -0.15) is 0 Å². The summed E-state index contributed by atoms with van der Waals surface area (Å²) in [6, 6.07) is 33.1. The summed E-state index contributed by atoms with van der Waals surface area (Å²) in [5.74, 6) is 0.904. The van der Waals surface area contributed by atoms with Gasteiger partial charge in [0.1, 0.15) is 5.58 Å². The zero-order chi connectivity index (χ0) is 40.1. The molecule has 8 rings (SSSR count). The second-order valence-corrected chi connectivity index (χ2v) is 15.1. The molecule has 8 aromatic rings. The standard InChI is InChI=1S/C31H28N3O.C16H17FN.Ir/c1-18(2)21-11-8-12-22(19(3)4)29(21)34-26-16-17-32-20(5)28(26)33-31(34)25-14-9-13-24-23-10-6-7-15-27(23)35-30(24)25;1-11-5-7-13(14(17)9-11)15-8-6-12(10-18-15)16(2,3)4;/h6-13,15-19H,1-5H3;5-6,8-10H,1-4H3;/q2*-1;/i;1D3;. The van der Waals surface area contributed by atoms with Gasteiger partial charge >= 0.3 is 0 Å². The number of halogens is 1. The summed E-state index contributed by atoms with van der Waals surface area (Å²) >= 11 is 0. The summed E-state index contributed by atoms with van der Waals surface area (Å²) < 4.78 is 44.6. The van der Waals surface area contributed by atoms with Crippen molar-refractivity contribution < 1.29 is 33.0 Å². The van der Waals surface area contributed by atoms with E-state index in [2.05, 4.69) is 112 Å². The molecule has 0 spiro atoms. The second kappa shape index (κ2) is 15.4. The Bertz CT molecular complexity index is 2680. The molecule has 0 saturated carbocycles. The number of pyridine rings is 2. The van der Waals surface area contributed by atoms with Crippen LogP contribution in [0.2, 0.25) is 0 Å². The fourth-order valence-electron chi connectivity index (χ4n) is 6.81. The van der Waals surface area contributed by atoms with E-state index in [1.165, 1.54) is 22.9 Å². The molecule has 0 amide bonds. The molecule has 54 heavy (non-hydrogen) atoms. The van der Waals surface area contributed by atoms with E-state index in [1.807, 2.05) is 43.5 Å². The molecule has 0 unspecified atom stereocenters. The first-order valence-corrected chi connectivity index (χ1v) is 18.0. The Hall–Kier alpha value is -4.97. The third-order valence-corrected chi connectivity index (χ3v) is 9.66. The molecule has 0 bridgehead atoms. The summed E-state index contributed by atoms with van der Waals surface area (Å²) in [6.07, 6.45) is 3.58.